The molecule has 0 aliphatic heterocycles. The van der Waals surface area contributed by atoms with Crippen LogP contribution >= 0.6 is 23.2 Å². The summed E-state index contributed by atoms with van der Waals surface area (Å²) < 4.78 is 4.97. The molecule has 0 bridgehead atoms. The van der Waals surface area contributed by atoms with Crippen molar-refractivity contribution in [3.63, 3.8) is 0 Å². The van der Waals surface area contributed by atoms with Gasteiger partial charge in [0.15, 0.2) is 12.3 Å². The standard InChI is InChI=1S/C16H20Cl2N2O3/c1-9-4-3-5-12(10(9)2)19-14(21)8-23-16(22)15-11(17)6-7-13(18)20-15/h6-7,9-10,12H,3-5,8H2,1-2H3,(H,19,21). The molecule has 2 rings (SSSR count). The number of ether oxygens (including phenoxy) is 1. The molecule has 1 aromatic rings. The molecule has 1 aliphatic carbocycles. The fourth-order valence-electron chi connectivity index (χ4n) is 2.80. The Balaban J connectivity index is 1.86. The van der Waals surface area contributed by atoms with E-state index in [-0.39, 0.29) is 34.4 Å². The number of hydrogen-bond acceptors (Lipinski definition) is 4. The van der Waals surface area contributed by atoms with E-state index in [1.54, 1.807) is 0 Å². The molecule has 1 aliphatic rings. The number of nitrogens with one attached hydrogen (secondary N) is 1. The molecule has 3 atom stereocenters. The molecule has 0 radical (unpaired) electrons. The first-order valence-electron chi connectivity index (χ1n) is 7.67. The molecule has 1 fully saturated rings. The molecule has 0 aromatic carbocycles. The third-order valence-corrected chi connectivity index (χ3v) is 4.91. The fourth-order valence-corrected chi connectivity index (χ4v) is 3.13. The Labute approximate surface area is 145 Å². The topological polar surface area (TPSA) is 68.3 Å². The number of carbonyl (C=O) groups excluding carboxylic acids is 2. The molecule has 0 saturated heterocycles. The van der Waals surface area contributed by atoms with E-state index in [1.165, 1.54) is 18.6 Å². The van der Waals surface area contributed by atoms with Gasteiger partial charge in [-0.25, -0.2) is 9.78 Å². The zero-order valence-corrected chi connectivity index (χ0v) is 14.7. The zero-order chi connectivity index (χ0) is 17.0. The molecule has 126 valence electrons. The summed E-state index contributed by atoms with van der Waals surface area (Å²) in [5, 5.41) is 3.21. The van der Waals surface area contributed by atoms with Crippen LogP contribution in [-0.4, -0.2) is 29.5 Å². The molecule has 0 spiro atoms. The van der Waals surface area contributed by atoms with Gasteiger partial charge in [-0.1, -0.05) is 49.9 Å². The smallest absolute Gasteiger partial charge is 0.359 e. The van der Waals surface area contributed by atoms with Gasteiger partial charge in [0.1, 0.15) is 5.15 Å². The summed E-state index contributed by atoms with van der Waals surface area (Å²) in [7, 11) is 0. The third-order valence-electron chi connectivity index (χ3n) is 4.39. The third kappa shape index (κ3) is 4.82. The van der Waals surface area contributed by atoms with E-state index in [0.29, 0.717) is 11.8 Å². The molecule has 23 heavy (non-hydrogen) atoms. The normalized spacial score (nSPS) is 24.1. The van der Waals surface area contributed by atoms with Gasteiger partial charge in [0, 0.05) is 6.04 Å². The summed E-state index contributed by atoms with van der Waals surface area (Å²) >= 11 is 11.6. The Kier molecular flexibility index (Phi) is 6.25. The second-order valence-corrected chi connectivity index (χ2v) is 6.78. The van der Waals surface area contributed by atoms with Gasteiger partial charge in [-0.05, 0) is 30.4 Å². The lowest BCUT2D eigenvalue weighted by Crippen LogP contribution is -2.45. The number of rotatable bonds is 4. The van der Waals surface area contributed by atoms with Crippen LogP contribution in [0.25, 0.3) is 0 Å². The Hall–Kier alpha value is -1.33. The molecular formula is C16H20Cl2N2O3. The van der Waals surface area contributed by atoms with Crippen molar-refractivity contribution in [2.75, 3.05) is 6.61 Å². The summed E-state index contributed by atoms with van der Waals surface area (Å²) in [6.07, 6.45) is 3.23. The summed E-state index contributed by atoms with van der Waals surface area (Å²) in [4.78, 5) is 27.7. The minimum absolute atomic E-state index is 0.0911. The van der Waals surface area contributed by atoms with Crippen LogP contribution in [0.5, 0.6) is 0 Å². The van der Waals surface area contributed by atoms with Crippen LogP contribution in [0.4, 0.5) is 0 Å². The van der Waals surface area contributed by atoms with Crippen LogP contribution < -0.4 is 5.32 Å². The number of amides is 1. The van der Waals surface area contributed by atoms with Crippen LogP contribution in [0.1, 0.15) is 43.6 Å². The second kappa shape index (κ2) is 7.97. The van der Waals surface area contributed by atoms with E-state index >= 15 is 0 Å². The zero-order valence-electron chi connectivity index (χ0n) is 13.1. The van der Waals surface area contributed by atoms with Crippen molar-refractivity contribution in [1.29, 1.82) is 0 Å². The minimum Gasteiger partial charge on any atom is -0.451 e. The molecule has 1 aromatic heterocycles. The summed E-state index contributed by atoms with van der Waals surface area (Å²) in [6, 6.07) is 3.05. The number of hydrogen-bond donors (Lipinski definition) is 1. The Bertz CT molecular complexity index is 595. The van der Waals surface area contributed by atoms with Crippen molar-refractivity contribution < 1.29 is 14.3 Å². The monoisotopic (exact) mass is 358 g/mol. The van der Waals surface area contributed by atoms with Crippen molar-refractivity contribution in [3.05, 3.63) is 28.0 Å². The Morgan fingerprint density at radius 3 is 2.78 bits per heavy atom. The number of nitrogens with zero attached hydrogens (tertiary/aromatic N) is 1. The molecular weight excluding hydrogens is 339 g/mol. The van der Waals surface area contributed by atoms with Crippen LogP contribution in [0.15, 0.2) is 12.1 Å². The summed E-state index contributed by atoms with van der Waals surface area (Å²) in [5.41, 5.74) is -0.0911. The second-order valence-electron chi connectivity index (χ2n) is 5.98. The average Bonchev–Trinajstić information content (AvgIpc) is 2.52. The van der Waals surface area contributed by atoms with Gasteiger partial charge in [0.25, 0.3) is 5.91 Å². The van der Waals surface area contributed by atoms with E-state index < -0.39 is 5.97 Å². The number of halogens is 2. The minimum atomic E-state index is -0.766. The predicted molar refractivity (Wildman–Crippen MR) is 88.6 cm³/mol. The quantitative estimate of drug-likeness (QED) is 0.660. The Morgan fingerprint density at radius 1 is 1.30 bits per heavy atom. The fraction of sp³-hybridized carbons (Fsp3) is 0.562. The van der Waals surface area contributed by atoms with E-state index in [1.807, 2.05) is 0 Å². The predicted octanol–water partition coefficient (Wildman–Crippen LogP) is 3.49. The van der Waals surface area contributed by atoms with Crippen molar-refractivity contribution in [3.8, 4) is 0 Å². The molecule has 3 unspecified atom stereocenters. The number of esters is 1. The average molecular weight is 359 g/mol. The first-order chi connectivity index (χ1) is 10.9. The van der Waals surface area contributed by atoms with Crippen LogP contribution in [-0.2, 0) is 9.53 Å². The highest BCUT2D eigenvalue weighted by Gasteiger charge is 2.28. The van der Waals surface area contributed by atoms with Gasteiger partial charge < -0.3 is 10.1 Å². The molecule has 1 amide bonds. The SMILES string of the molecule is CC1CCCC(NC(=O)COC(=O)c2nc(Cl)ccc2Cl)C1C. The van der Waals surface area contributed by atoms with Crippen molar-refractivity contribution in [2.45, 2.75) is 39.2 Å². The first kappa shape index (κ1) is 18.0. The van der Waals surface area contributed by atoms with Crippen LogP contribution in [0, 0.1) is 11.8 Å². The largest absolute Gasteiger partial charge is 0.451 e. The van der Waals surface area contributed by atoms with E-state index in [2.05, 4.69) is 24.1 Å². The molecule has 1 N–H and O–H groups in total. The molecule has 7 heteroatoms. The lowest BCUT2D eigenvalue weighted by atomic mass is 9.78. The van der Waals surface area contributed by atoms with Gasteiger partial charge in [0.05, 0.1) is 5.02 Å². The first-order valence-corrected chi connectivity index (χ1v) is 8.42. The van der Waals surface area contributed by atoms with Gasteiger partial charge >= 0.3 is 5.97 Å². The molecule has 1 saturated carbocycles. The van der Waals surface area contributed by atoms with Gasteiger partial charge in [-0.2, -0.15) is 0 Å². The van der Waals surface area contributed by atoms with Crippen LogP contribution in [0.3, 0.4) is 0 Å². The number of pyridine rings is 1. The highest BCUT2D eigenvalue weighted by atomic mass is 35.5. The van der Waals surface area contributed by atoms with Crippen molar-refractivity contribution >= 4 is 35.1 Å². The molecule has 5 nitrogen and oxygen atoms in total. The Morgan fingerprint density at radius 2 is 2.04 bits per heavy atom. The number of aromatic nitrogens is 1. The highest BCUT2D eigenvalue weighted by molar-refractivity contribution is 6.34. The highest BCUT2D eigenvalue weighted by Crippen LogP contribution is 2.29. The van der Waals surface area contributed by atoms with Crippen LogP contribution in [0.2, 0.25) is 10.2 Å². The lowest BCUT2D eigenvalue weighted by molar-refractivity contribution is -0.125. The van der Waals surface area contributed by atoms with E-state index in [9.17, 15) is 9.59 Å². The van der Waals surface area contributed by atoms with E-state index in [0.717, 1.165) is 12.8 Å². The lowest BCUT2D eigenvalue weighted by Gasteiger charge is -2.34. The maximum Gasteiger partial charge on any atom is 0.359 e. The van der Waals surface area contributed by atoms with Gasteiger partial charge in [-0.3, -0.25) is 4.79 Å². The molecule has 1 heterocycles. The summed E-state index contributed by atoms with van der Waals surface area (Å²) in [6.45, 7) is 3.97. The van der Waals surface area contributed by atoms with Gasteiger partial charge in [-0.15, -0.1) is 0 Å². The van der Waals surface area contributed by atoms with Crippen molar-refractivity contribution in [2.24, 2.45) is 11.8 Å². The summed E-state index contributed by atoms with van der Waals surface area (Å²) in [5.74, 6) is -0.0985. The van der Waals surface area contributed by atoms with Crippen molar-refractivity contribution in [1.82, 2.24) is 10.3 Å². The van der Waals surface area contributed by atoms with E-state index in [4.69, 9.17) is 27.9 Å². The maximum atomic E-state index is 12.0. The number of carbonyl (C=O) groups is 2. The van der Waals surface area contributed by atoms with Gasteiger partial charge in [0.2, 0.25) is 0 Å². The maximum absolute atomic E-state index is 12.0.